The van der Waals surface area contributed by atoms with Gasteiger partial charge in [-0.2, -0.15) is 10.2 Å². The molecule has 0 spiro atoms. The highest BCUT2D eigenvalue weighted by molar-refractivity contribution is 5.98. The van der Waals surface area contributed by atoms with Crippen LogP contribution < -0.4 is 11.1 Å². The second-order valence-electron chi connectivity index (χ2n) is 7.97. The molecule has 1 aromatic carbocycles. The Kier molecular flexibility index (Phi) is 4.24. The number of amides is 1. The molecule has 10 heteroatoms. The number of rotatable bonds is 4. The molecule has 0 radical (unpaired) electrons. The van der Waals surface area contributed by atoms with E-state index in [2.05, 4.69) is 25.7 Å². The summed E-state index contributed by atoms with van der Waals surface area (Å²) < 4.78 is 18.3. The lowest BCUT2D eigenvalue weighted by atomic mass is 10.0. The van der Waals surface area contributed by atoms with Crippen molar-refractivity contribution in [2.24, 2.45) is 20.0 Å². The molecule has 3 heterocycles. The van der Waals surface area contributed by atoms with E-state index < -0.39 is 5.82 Å². The second-order valence-corrected chi connectivity index (χ2v) is 7.97. The number of aryl methyl sites for hydroxylation is 2. The maximum absolute atomic E-state index is 14.9. The van der Waals surface area contributed by atoms with Crippen molar-refractivity contribution >= 4 is 28.3 Å². The summed E-state index contributed by atoms with van der Waals surface area (Å²) >= 11 is 0. The number of nitrogens with two attached hydrogens (primary N) is 1. The first-order valence-electron chi connectivity index (χ1n) is 9.87. The molecular weight excluding hydrogens is 399 g/mol. The van der Waals surface area contributed by atoms with Gasteiger partial charge >= 0.3 is 0 Å². The van der Waals surface area contributed by atoms with Gasteiger partial charge in [0.2, 0.25) is 5.91 Å². The van der Waals surface area contributed by atoms with E-state index in [9.17, 15) is 9.18 Å². The van der Waals surface area contributed by atoms with Crippen LogP contribution in [-0.2, 0) is 18.9 Å². The molecule has 3 aromatic heterocycles. The second kappa shape index (κ2) is 6.86. The summed E-state index contributed by atoms with van der Waals surface area (Å²) in [4.78, 5) is 12.7. The summed E-state index contributed by atoms with van der Waals surface area (Å²) in [5.41, 5.74) is 9.01. The molecule has 1 fully saturated rings. The summed E-state index contributed by atoms with van der Waals surface area (Å²) in [6.45, 7) is 1.85. The van der Waals surface area contributed by atoms with Crippen LogP contribution in [0.3, 0.4) is 0 Å². The Morgan fingerprint density at radius 3 is 2.68 bits per heavy atom. The van der Waals surface area contributed by atoms with E-state index in [-0.39, 0.29) is 28.9 Å². The molecule has 158 valence electrons. The molecule has 1 saturated carbocycles. The van der Waals surface area contributed by atoms with Gasteiger partial charge in [0.25, 0.3) is 0 Å². The largest absolute Gasteiger partial charge is 0.395 e. The lowest BCUT2D eigenvalue weighted by molar-refractivity contribution is -0.117. The molecule has 1 aliphatic rings. The number of carbonyl (C=O) groups excluding carboxylic acids is 1. The SMILES string of the molecule is Cc1c(-c2cc3cc(NC(=O)[C@H]4CC4c4cnn(C)c4)nnc3c(N)c2F)cnn1C. The quantitative estimate of drug-likeness (QED) is 0.490. The normalized spacial score (nSPS) is 17.8. The van der Waals surface area contributed by atoms with E-state index in [1.807, 2.05) is 20.2 Å². The van der Waals surface area contributed by atoms with Crippen molar-refractivity contribution in [3.63, 3.8) is 0 Å². The Balaban J connectivity index is 1.44. The highest BCUT2D eigenvalue weighted by Gasteiger charge is 2.44. The van der Waals surface area contributed by atoms with Gasteiger partial charge in [-0.05, 0) is 37.0 Å². The Morgan fingerprint density at radius 1 is 1.19 bits per heavy atom. The molecule has 5 rings (SSSR count). The molecule has 0 bridgehead atoms. The molecule has 4 aromatic rings. The Morgan fingerprint density at radius 2 is 2.00 bits per heavy atom. The fourth-order valence-corrected chi connectivity index (χ4v) is 3.92. The maximum atomic E-state index is 14.9. The van der Waals surface area contributed by atoms with Gasteiger partial charge < -0.3 is 11.1 Å². The summed E-state index contributed by atoms with van der Waals surface area (Å²) in [6, 6.07) is 3.32. The van der Waals surface area contributed by atoms with Crippen molar-refractivity contribution in [2.75, 3.05) is 11.1 Å². The number of benzene rings is 1. The average molecular weight is 420 g/mol. The van der Waals surface area contributed by atoms with Crippen LogP contribution in [-0.4, -0.2) is 35.7 Å². The zero-order valence-electron chi connectivity index (χ0n) is 17.3. The van der Waals surface area contributed by atoms with Crippen LogP contribution in [0.2, 0.25) is 0 Å². The Bertz CT molecular complexity index is 1340. The summed E-state index contributed by atoms with van der Waals surface area (Å²) in [5, 5.41) is 19.8. The number of nitrogen functional groups attached to an aromatic ring is 1. The van der Waals surface area contributed by atoms with Crippen LogP contribution in [0.4, 0.5) is 15.9 Å². The van der Waals surface area contributed by atoms with Gasteiger partial charge in [-0.3, -0.25) is 14.2 Å². The van der Waals surface area contributed by atoms with Gasteiger partial charge in [0.05, 0.1) is 18.1 Å². The van der Waals surface area contributed by atoms with E-state index in [4.69, 9.17) is 5.73 Å². The van der Waals surface area contributed by atoms with Gasteiger partial charge in [0, 0.05) is 48.4 Å². The lowest BCUT2D eigenvalue weighted by Gasteiger charge is -2.10. The topological polar surface area (TPSA) is 117 Å². The van der Waals surface area contributed by atoms with Crippen molar-refractivity contribution in [1.82, 2.24) is 29.8 Å². The van der Waals surface area contributed by atoms with Gasteiger partial charge in [0.1, 0.15) is 5.52 Å². The monoisotopic (exact) mass is 420 g/mol. The number of carbonyl (C=O) groups is 1. The van der Waals surface area contributed by atoms with E-state index in [1.165, 1.54) is 0 Å². The minimum Gasteiger partial charge on any atom is -0.395 e. The van der Waals surface area contributed by atoms with E-state index in [0.29, 0.717) is 22.3 Å². The van der Waals surface area contributed by atoms with Crippen LogP contribution in [0, 0.1) is 18.7 Å². The Labute approximate surface area is 177 Å². The van der Waals surface area contributed by atoms with Gasteiger partial charge in [-0.15, -0.1) is 10.2 Å². The van der Waals surface area contributed by atoms with Gasteiger partial charge in [-0.25, -0.2) is 4.39 Å². The minimum absolute atomic E-state index is 0.0834. The zero-order chi connectivity index (χ0) is 21.9. The number of halogens is 1. The number of anilines is 2. The average Bonchev–Trinajstić information content (AvgIpc) is 3.33. The molecule has 31 heavy (non-hydrogen) atoms. The molecular formula is C21H21FN8O. The predicted molar refractivity (Wildman–Crippen MR) is 114 cm³/mol. The molecule has 3 N–H and O–H groups in total. The van der Waals surface area contributed by atoms with Crippen molar-refractivity contribution in [3.05, 3.63) is 47.8 Å². The van der Waals surface area contributed by atoms with E-state index in [0.717, 1.165) is 17.7 Å². The highest BCUT2D eigenvalue weighted by atomic mass is 19.1. The number of hydrogen-bond donors (Lipinski definition) is 2. The number of nitrogens with one attached hydrogen (secondary N) is 1. The van der Waals surface area contributed by atoms with Crippen molar-refractivity contribution in [1.29, 1.82) is 0 Å². The number of hydrogen-bond acceptors (Lipinski definition) is 6. The predicted octanol–water partition coefficient (Wildman–Crippen LogP) is 2.54. The van der Waals surface area contributed by atoms with E-state index >= 15 is 0 Å². The summed E-state index contributed by atoms with van der Waals surface area (Å²) in [5.74, 6) is -0.359. The third-order valence-corrected chi connectivity index (χ3v) is 5.91. The first kappa shape index (κ1) is 19.2. The first-order valence-corrected chi connectivity index (χ1v) is 9.87. The minimum atomic E-state index is -0.563. The van der Waals surface area contributed by atoms with Crippen LogP contribution in [0.5, 0.6) is 0 Å². The number of aromatic nitrogens is 6. The summed E-state index contributed by atoms with van der Waals surface area (Å²) in [7, 11) is 3.64. The third kappa shape index (κ3) is 3.20. The van der Waals surface area contributed by atoms with Crippen LogP contribution in [0.15, 0.2) is 30.7 Å². The fourth-order valence-electron chi connectivity index (χ4n) is 3.92. The van der Waals surface area contributed by atoms with Gasteiger partial charge in [0.15, 0.2) is 11.6 Å². The standard InChI is InChI=1S/C21H21FN8O/c1-10-16(8-25-30(10)3)14-4-11-5-17(27-28-20(11)19(23)18(14)22)26-21(31)15-6-13(15)12-7-24-29(2)9-12/h4-5,7-9,13,15H,6,23H2,1-3H3,(H,26,27,31)/t13?,15-/m0/s1. The number of fused-ring (bicyclic) bond motifs is 1. The van der Waals surface area contributed by atoms with Crippen molar-refractivity contribution in [3.8, 4) is 11.1 Å². The fraction of sp³-hybridized carbons (Fsp3) is 0.286. The van der Waals surface area contributed by atoms with Crippen molar-refractivity contribution < 1.29 is 9.18 Å². The maximum Gasteiger partial charge on any atom is 0.229 e. The Hall–Kier alpha value is -3.82. The molecule has 1 amide bonds. The summed E-state index contributed by atoms with van der Waals surface area (Å²) in [6.07, 6.45) is 6.07. The molecule has 9 nitrogen and oxygen atoms in total. The molecule has 0 aliphatic heterocycles. The van der Waals surface area contributed by atoms with Crippen LogP contribution in [0.1, 0.15) is 23.6 Å². The molecule has 1 aliphatic carbocycles. The van der Waals surface area contributed by atoms with Crippen LogP contribution >= 0.6 is 0 Å². The lowest BCUT2D eigenvalue weighted by Crippen LogP contribution is -2.16. The van der Waals surface area contributed by atoms with Crippen LogP contribution in [0.25, 0.3) is 22.0 Å². The smallest absolute Gasteiger partial charge is 0.229 e. The van der Waals surface area contributed by atoms with Gasteiger partial charge in [-0.1, -0.05) is 0 Å². The molecule has 1 unspecified atom stereocenters. The first-order chi connectivity index (χ1) is 14.8. The zero-order valence-corrected chi connectivity index (χ0v) is 17.3. The van der Waals surface area contributed by atoms with Crippen molar-refractivity contribution in [2.45, 2.75) is 19.3 Å². The number of nitrogens with zero attached hydrogens (tertiary/aromatic N) is 6. The molecule has 0 saturated heterocycles. The molecule has 2 atom stereocenters. The third-order valence-electron chi connectivity index (χ3n) is 5.91. The highest BCUT2D eigenvalue weighted by Crippen LogP contribution is 2.47. The van der Waals surface area contributed by atoms with E-state index in [1.54, 1.807) is 40.9 Å².